The molecule has 0 N–H and O–H groups in total. The molecule has 220 valence electrons. The predicted octanol–water partition coefficient (Wildman–Crippen LogP) is 5.67. The van der Waals surface area contributed by atoms with Gasteiger partial charge in [-0.2, -0.15) is 12.1 Å². The third kappa shape index (κ3) is 8.39. The minimum Gasteiger partial charge on any atom is -1.00 e. The smallest absolute Gasteiger partial charge is 1.00 e. The van der Waals surface area contributed by atoms with E-state index in [2.05, 4.69) is 165 Å². The van der Waals surface area contributed by atoms with Crippen molar-refractivity contribution in [2.24, 2.45) is 0 Å². The Kier molecular flexibility index (Phi) is 12.4. The molecule has 0 fully saturated rings. The van der Waals surface area contributed by atoms with Crippen LogP contribution in [0.15, 0.2) is 109 Å². The molecule has 0 aromatic heterocycles. The second-order valence-corrected chi connectivity index (χ2v) is 13.3. The summed E-state index contributed by atoms with van der Waals surface area (Å²) >= 11 is 0. The van der Waals surface area contributed by atoms with Crippen molar-refractivity contribution < 1.29 is 50.7 Å². The summed E-state index contributed by atoms with van der Waals surface area (Å²) in [6, 6.07) is 40.2. The van der Waals surface area contributed by atoms with Gasteiger partial charge in [-0.15, -0.1) is 69.1 Å². The summed E-state index contributed by atoms with van der Waals surface area (Å²) in [5.74, 6) is 0. The molecule has 0 atom stereocenters. The Labute approximate surface area is 290 Å². The molecule has 0 unspecified atom stereocenters. The molecule has 0 radical (unpaired) electrons. The summed E-state index contributed by atoms with van der Waals surface area (Å²) < 4.78 is 0. The van der Waals surface area contributed by atoms with Gasteiger partial charge in [0.25, 0.3) is 0 Å². The fourth-order valence-corrected chi connectivity index (χ4v) is 5.57. The molecule has 0 aliphatic carbocycles. The van der Waals surface area contributed by atoms with Gasteiger partial charge in [-0.05, 0) is 33.1 Å². The Morgan fingerprint density at radius 3 is 1.09 bits per heavy atom. The van der Waals surface area contributed by atoms with E-state index in [-0.39, 0.29) is 61.5 Å². The molecular formula is C40H42Cl2Hf. The van der Waals surface area contributed by atoms with Gasteiger partial charge in [0.15, 0.2) is 0 Å². The van der Waals surface area contributed by atoms with E-state index in [1.54, 1.807) is 0 Å². The largest absolute Gasteiger partial charge is 4.00 e. The van der Waals surface area contributed by atoms with Crippen molar-refractivity contribution in [3.05, 3.63) is 131 Å². The van der Waals surface area contributed by atoms with E-state index in [1.807, 2.05) is 0 Å². The Morgan fingerprint density at radius 2 is 0.791 bits per heavy atom. The van der Waals surface area contributed by atoms with Crippen LogP contribution in [0, 0.1) is 13.8 Å². The number of halogens is 2. The topological polar surface area (TPSA) is 0 Å². The van der Waals surface area contributed by atoms with Crippen LogP contribution in [0.2, 0.25) is 0 Å². The molecule has 6 aromatic rings. The summed E-state index contributed by atoms with van der Waals surface area (Å²) in [5, 5.41) is 5.38. The van der Waals surface area contributed by atoms with Crippen molar-refractivity contribution in [3.8, 4) is 22.3 Å². The van der Waals surface area contributed by atoms with Crippen LogP contribution in [0.25, 0.3) is 43.8 Å². The molecule has 0 nitrogen and oxygen atoms in total. The van der Waals surface area contributed by atoms with Gasteiger partial charge in [-0.1, -0.05) is 127 Å². The van der Waals surface area contributed by atoms with Gasteiger partial charge in [0.1, 0.15) is 0 Å². The average molecular weight is 772 g/mol. The van der Waals surface area contributed by atoms with Crippen molar-refractivity contribution in [2.45, 2.75) is 66.2 Å². The Hall–Kier alpha value is -2.45. The molecule has 43 heavy (non-hydrogen) atoms. The second-order valence-electron chi connectivity index (χ2n) is 13.3. The van der Waals surface area contributed by atoms with Gasteiger partial charge < -0.3 is 24.8 Å². The minimum absolute atomic E-state index is 0. The number of hydrogen-bond donors (Lipinski definition) is 0. The molecule has 0 saturated carbocycles. The SMILES string of the molecule is Cc1cc2c(-c3ccc(C(C)(C)C)cc3)cccc2[cH-]1.Cc1cc2c(-c3ccc(C(C)(C)C)cc3)cccc2[cH-]1.[Cl-].[Cl-].[Hf+4]. The van der Waals surface area contributed by atoms with Gasteiger partial charge in [0, 0.05) is 0 Å². The zero-order valence-electron chi connectivity index (χ0n) is 26.6. The number of hydrogen-bond acceptors (Lipinski definition) is 0. The van der Waals surface area contributed by atoms with Crippen molar-refractivity contribution in [1.82, 2.24) is 0 Å². The Balaban J connectivity index is 0.000000281. The maximum atomic E-state index is 2.28. The first-order valence-corrected chi connectivity index (χ1v) is 14.4. The zero-order valence-corrected chi connectivity index (χ0v) is 31.8. The van der Waals surface area contributed by atoms with Crippen LogP contribution in [-0.2, 0) is 36.7 Å². The van der Waals surface area contributed by atoms with Gasteiger partial charge in [0.05, 0.1) is 0 Å². The Bertz CT molecular complexity index is 1620. The first-order chi connectivity index (χ1) is 18.9. The van der Waals surface area contributed by atoms with E-state index in [0.717, 1.165) is 0 Å². The van der Waals surface area contributed by atoms with Crippen molar-refractivity contribution in [3.63, 3.8) is 0 Å². The molecule has 0 saturated heterocycles. The van der Waals surface area contributed by atoms with E-state index >= 15 is 0 Å². The maximum absolute atomic E-state index is 2.28. The minimum atomic E-state index is 0. The van der Waals surface area contributed by atoms with Crippen LogP contribution in [0.5, 0.6) is 0 Å². The van der Waals surface area contributed by atoms with Crippen molar-refractivity contribution >= 4 is 21.5 Å². The summed E-state index contributed by atoms with van der Waals surface area (Å²) in [6.07, 6.45) is 0. The number of rotatable bonds is 2. The normalized spacial score (nSPS) is 11.2. The predicted molar refractivity (Wildman–Crippen MR) is 177 cm³/mol. The summed E-state index contributed by atoms with van der Waals surface area (Å²) in [4.78, 5) is 0. The molecule has 6 rings (SSSR count). The zero-order chi connectivity index (χ0) is 28.7. The van der Waals surface area contributed by atoms with Gasteiger partial charge in [-0.25, -0.2) is 0 Å². The molecule has 3 heteroatoms. The number of fused-ring (bicyclic) bond motifs is 2. The standard InChI is InChI=1S/2C20H21.2ClH.Hf/c2*1-14-12-16-6-5-7-18(19(16)13-14)15-8-10-17(11-9-15)20(2,3)4;;;/h2*5-13H,1-4H3;2*1H;/q2*-1;;;+4/p-2. The number of aryl methyl sites for hydroxylation is 2. The fraction of sp³-hybridized carbons (Fsp3) is 0.250. The molecule has 0 spiro atoms. The molecule has 6 aromatic carbocycles. The van der Waals surface area contributed by atoms with Crippen LogP contribution < -0.4 is 24.8 Å². The van der Waals surface area contributed by atoms with Crippen molar-refractivity contribution in [2.75, 3.05) is 0 Å². The average Bonchev–Trinajstić information content (AvgIpc) is 3.48. The summed E-state index contributed by atoms with van der Waals surface area (Å²) in [6.45, 7) is 17.8. The first kappa shape index (κ1) is 36.7. The summed E-state index contributed by atoms with van der Waals surface area (Å²) in [7, 11) is 0. The number of benzene rings is 4. The quantitative estimate of drug-likeness (QED) is 0.158. The van der Waals surface area contributed by atoms with Crippen molar-refractivity contribution in [1.29, 1.82) is 0 Å². The molecule has 0 aliphatic rings. The monoisotopic (exact) mass is 772 g/mol. The van der Waals surface area contributed by atoms with Crippen LogP contribution in [-0.4, -0.2) is 0 Å². The van der Waals surface area contributed by atoms with Crippen LogP contribution in [0.3, 0.4) is 0 Å². The Morgan fingerprint density at radius 1 is 0.465 bits per heavy atom. The van der Waals surface area contributed by atoms with Gasteiger partial charge >= 0.3 is 25.8 Å². The third-order valence-corrected chi connectivity index (χ3v) is 7.91. The third-order valence-electron chi connectivity index (χ3n) is 7.91. The van der Waals surface area contributed by atoms with Gasteiger partial charge in [0.2, 0.25) is 0 Å². The first-order valence-electron chi connectivity index (χ1n) is 14.4. The molecule has 0 amide bonds. The fourth-order valence-electron chi connectivity index (χ4n) is 5.57. The van der Waals surface area contributed by atoms with E-state index in [0.29, 0.717) is 0 Å². The van der Waals surface area contributed by atoms with Crippen LogP contribution >= 0.6 is 0 Å². The van der Waals surface area contributed by atoms with E-state index in [1.165, 1.54) is 66.1 Å². The van der Waals surface area contributed by atoms with E-state index in [9.17, 15) is 0 Å². The van der Waals surface area contributed by atoms with E-state index < -0.39 is 0 Å². The second kappa shape index (κ2) is 14.6. The van der Waals surface area contributed by atoms with Crippen LogP contribution in [0.1, 0.15) is 63.8 Å². The molecule has 0 heterocycles. The van der Waals surface area contributed by atoms with Crippen LogP contribution in [0.4, 0.5) is 0 Å². The molecule has 0 bridgehead atoms. The molecular weight excluding hydrogens is 730 g/mol. The maximum Gasteiger partial charge on any atom is 4.00 e. The van der Waals surface area contributed by atoms with E-state index in [4.69, 9.17) is 0 Å². The molecule has 0 aliphatic heterocycles. The summed E-state index contributed by atoms with van der Waals surface area (Å²) in [5.41, 5.74) is 11.1. The van der Waals surface area contributed by atoms with Gasteiger partial charge in [-0.3, -0.25) is 0 Å².